The largest absolute Gasteiger partial charge is 0.457 e. The number of benzene rings is 3. The van der Waals surface area contributed by atoms with Gasteiger partial charge in [-0.25, -0.2) is 0 Å². The van der Waals surface area contributed by atoms with Crippen molar-refractivity contribution >= 4 is 22.5 Å². The van der Waals surface area contributed by atoms with Crippen LogP contribution in [0.4, 0.5) is 0 Å². The number of ether oxygens (including phenoxy) is 1. The van der Waals surface area contributed by atoms with Crippen LogP contribution in [-0.4, -0.2) is 11.5 Å². The van der Waals surface area contributed by atoms with Gasteiger partial charge < -0.3 is 15.5 Å². The summed E-state index contributed by atoms with van der Waals surface area (Å²) < 4.78 is 6.02. The maximum atomic E-state index is 6.45. The molecule has 0 unspecified atom stereocenters. The van der Waals surface area contributed by atoms with Gasteiger partial charge in [-0.15, -0.1) is 0 Å². The number of para-hydroxylation sites is 2. The first kappa shape index (κ1) is 18.6. The molecule has 0 aliphatic rings. The summed E-state index contributed by atoms with van der Waals surface area (Å²) in [6, 6.07) is 24.0. The molecule has 0 aliphatic heterocycles. The zero-order valence-electron chi connectivity index (χ0n) is 15.6. The monoisotopic (exact) mass is 390 g/mol. The van der Waals surface area contributed by atoms with Crippen LogP contribution in [0.25, 0.3) is 22.2 Å². The van der Waals surface area contributed by atoms with Crippen molar-refractivity contribution in [3.63, 3.8) is 0 Å². The SMILES string of the molecule is NCCCCc1c(-c2cccc(Oc3ccccc3)c2)[nH]c2c(Cl)cccc12. The Balaban J connectivity index is 1.74. The molecule has 142 valence electrons. The van der Waals surface area contributed by atoms with Crippen molar-refractivity contribution in [3.8, 4) is 22.8 Å². The minimum atomic E-state index is 0.707. The van der Waals surface area contributed by atoms with E-state index in [4.69, 9.17) is 22.1 Å². The highest BCUT2D eigenvalue weighted by molar-refractivity contribution is 6.35. The van der Waals surface area contributed by atoms with Crippen molar-refractivity contribution in [1.82, 2.24) is 4.98 Å². The maximum absolute atomic E-state index is 6.45. The second-order valence-corrected chi connectivity index (χ2v) is 7.24. The summed E-state index contributed by atoms with van der Waals surface area (Å²) in [7, 11) is 0. The Morgan fingerprint density at radius 1 is 0.857 bits per heavy atom. The van der Waals surface area contributed by atoms with Crippen LogP contribution in [0.3, 0.4) is 0 Å². The quantitative estimate of drug-likeness (QED) is 0.351. The summed E-state index contributed by atoms with van der Waals surface area (Å²) >= 11 is 6.45. The van der Waals surface area contributed by atoms with E-state index in [1.807, 2.05) is 54.6 Å². The van der Waals surface area contributed by atoms with E-state index in [0.29, 0.717) is 6.54 Å². The van der Waals surface area contributed by atoms with E-state index in [1.54, 1.807) is 0 Å². The minimum absolute atomic E-state index is 0.707. The number of fused-ring (bicyclic) bond motifs is 1. The van der Waals surface area contributed by atoms with Crippen molar-refractivity contribution in [2.75, 3.05) is 6.54 Å². The van der Waals surface area contributed by atoms with E-state index >= 15 is 0 Å². The normalized spacial score (nSPS) is 11.1. The van der Waals surface area contributed by atoms with Crippen LogP contribution >= 0.6 is 11.6 Å². The fourth-order valence-corrected chi connectivity index (χ4v) is 3.75. The number of unbranched alkanes of at least 4 members (excludes halogenated alkanes) is 1. The third kappa shape index (κ3) is 3.91. The predicted molar refractivity (Wildman–Crippen MR) is 117 cm³/mol. The highest BCUT2D eigenvalue weighted by atomic mass is 35.5. The Kier molecular flexibility index (Phi) is 5.65. The van der Waals surface area contributed by atoms with Gasteiger partial charge in [-0.2, -0.15) is 0 Å². The number of aromatic nitrogens is 1. The maximum Gasteiger partial charge on any atom is 0.128 e. The summed E-state index contributed by atoms with van der Waals surface area (Å²) in [6.45, 7) is 0.707. The first-order chi connectivity index (χ1) is 13.8. The molecule has 1 heterocycles. The fraction of sp³-hybridized carbons (Fsp3) is 0.167. The zero-order valence-corrected chi connectivity index (χ0v) is 16.4. The lowest BCUT2D eigenvalue weighted by Gasteiger charge is -2.09. The Morgan fingerprint density at radius 2 is 1.64 bits per heavy atom. The molecule has 0 atom stereocenters. The smallest absolute Gasteiger partial charge is 0.128 e. The average molecular weight is 391 g/mol. The van der Waals surface area contributed by atoms with Crippen LogP contribution in [0.1, 0.15) is 18.4 Å². The Hall–Kier alpha value is -2.75. The topological polar surface area (TPSA) is 51.0 Å². The first-order valence-electron chi connectivity index (χ1n) is 9.59. The second-order valence-electron chi connectivity index (χ2n) is 6.83. The summed E-state index contributed by atoms with van der Waals surface area (Å²) in [5.74, 6) is 1.63. The van der Waals surface area contributed by atoms with E-state index in [-0.39, 0.29) is 0 Å². The number of rotatable bonds is 7. The number of H-pyrrole nitrogens is 1. The van der Waals surface area contributed by atoms with E-state index in [0.717, 1.165) is 52.6 Å². The van der Waals surface area contributed by atoms with Crippen molar-refractivity contribution in [2.24, 2.45) is 5.73 Å². The highest BCUT2D eigenvalue weighted by Crippen LogP contribution is 2.36. The van der Waals surface area contributed by atoms with Gasteiger partial charge in [0.25, 0.3) is 0 Å². The Labute approximate surface area is 170 Å². The molecule has 0 radical (unpaired) electrons. The molecule has 3 nitrogen and oxygen atoms in total. The Morgan fingerprint density at radius 3 is 2.46 bits per heavy atom. The highest BCUT2D eigenvalue weighted by Gasteiger charge is 2.15. The number of nitrogens with two attached hydrogens (primary N) is 1. The van der Waals surface area contributed by atoms with Crippen molar-refractivity contribution < 1.29 is 4.74 Å². The first-order valence-corrected chi connectivity index (χ1v) is 9.96. The Bertz CT molecular complexity index is 1070. The number of hydrogen-bond acceptors (Lipinski definition) is 2. The van der Waals surface area contributed by atoms with Gasteiger partial charge in [-0.3, -0.25) is 0 Å². The van der Waals surface area contributed by atoms with Crippen LogP contribution in [0.5, 0.6) is 11.5 Å². The summed E-state index contributed by atoms with van der Waals surface area (Å²) in [6.07, 6.45) is 3.00. The molecule has 1 aromatic heterocycles. The third-order valence-corrected chi connectivity index (χ3v) is 5.19. The molecular formula is C24H23ClN2O. The van der Waals surface area contributed by atoms with E-state index in [2.05, 4.69) is 23.2 Å². The molecule has 3 aromatic carbocycles. The number of aromatic amines is 1. The lowest BCUT2D eigenvalue weighted by Crippen LogP contribution is -1.99. The molecule has 4 aromatic rings. The molecule has 0 amide bonds. The number of nitrogens with one attached hydrogen (secondary N) is 1. The predicted octanol–water partition coefficient (Wildman–Crippen LogP) is 6.56. The molecule has 0 aliphatic carbocycles. The van der Waals surface area contributed by atoms with Crippen LogP contribution in [0, 0.1) is 0 Å². The van der Waals surface area contributed by atoms with Crippen LogP contribution < -0.4 is 10.5 Å². The average Bonchev–Trinajstić information content (AvgIpc) is 3.09. The zero-order chi connectivity index (χ0) is 19.3. The lowest BCUT2D eigenvalue weighted by atomic mass is 10.00. The van der Waals surface area contributed by atoms with E-state index in [1.165, 1.54) is 10.9 Å². The lowest BCUT2D eigenvalue weighted by molar-refractivity contribution is 0.483. The van der Waals surface area contributed by atoms with Gasteiger partial charge in [0.1, 0.15) is 11.5 Å². The molecule has 3 N–H and O–H groups in total. The molecular weight excluding hydrogens is 368 g/mol. The molecule has 4 heteroatoms. The van der Waals surface area contributed by atoms with Crippen LogP contribution in [-0.2, 0) is 6.42 Å². The molecule has 4 rings (SSSR count). The number of halogens is 1. The molecule has 28 heavy (non-hydrogen) atoms. The third-order valence-electron chi connectivity index (χ3n) is 4.87. The molecule has 0 saturated carbocycles. The van der Waals surface area contributed by atoms with Gasteiger partial charge in [0.15, 0.2) is 0 Å². The molecule has 0 fully saturated rings. The number of aryl methyl sites for hydroxylation is 1. The second kappa shape index (κ2) is 8.51. The summed E-state index contributed by atoms with van der Waals surface area (Å²) in [5.41, 5.74) is 10.1. The minimum Gasteiger partial charge on any atom is -0.457 e. The number of hydrogen-bond donors (Lipinski definition) is 2. The summed E-state index contributed by atoms with van der Waals surface area (Å²) in [5, 5.41) is 1.91. The molecule has 0 spiro atoms. The van der Waals surface area contributed by atoms with Gasteiger partial charge in [-0.05, 0) is 61.7 Å². The standard InChI is InChI=1S/C24H23ClN2O/c25-22-14-7-13-21-20(12-4-5-15-26)23(27-24(21)22)17-8-6-11-19(16-17)28-18-9-2-1-3-10-18/h1-3,6-11,13-14,16,27H,4-5,12,15,26H2. The van der Waals surface area contributed by atoms with Crippen molar-refractivity contribution in [2.45, 2.75) is 19.3 Å². The van der Waals surface area contributed by atoms with Gasteiger partial charge in [-0.1, -0.05) is 54.1 Å². The van der Waals surface area contributed by atoms with E-state index in [9.17, 15) is 0 Å². The van der Waals surface area contributed by atoms with Gasteiger partial charge in [0.2, 0.25) is 0 Å². The van der Waals surface area contributed by atoms with Crippen LogP contribution in [0.2, 0.25) is 5.02 Å². The summed E-state index contributed by atoms with van der Waals surface area (Å²) in [4.78, 5) is 3.55. The molecule has 0 saturated heterocycles. The van der Waals surface area contributed by atoms with Crippen molar-refractivity contribution in [1.29, 1.82) is 0 Å². The van der Waals surface area contributed by atoms with Gasteiger partial charge >= 0.3 is 0 Å². The van der Waals surface area contributed by atoms with Gasteiger partial charge in [0.05, 0.1) is 10.5 Å². The van der Waals surface area contributed by atoms with E-state index < -0.39 is 0 Å². The fourth-order valence-electron chi connectivity index (χ4n) is 3.53. The van der Waals surface area contributed by atoms with Gasteiger partial charge in [0, 0.05) is 16.6 Å². The van der Waals surface area contributed by atoms with Crippen LogP contribution in [0.15, 0.2) is 72.8 Å². The van der Waals surface area contributed by atoms with Crippen molar-refractivity contribution in [3.05, 3.63) is 83.4 Å². The molecule has 0 bridgehead atoms.